The van der Waals surface area contributed by atoms with Crippen molar-refractivity contribution in [3.8, 4) is 11.8 Å². The Hall–Kier alpha value is -0.900. The van der Waals surface area contributed by atoms with Crippen molar-refractivity contribution in [2.75, 3.05) is 7.11 Å². The first-order valence-corrected chi connectivity index (χ1v) is 6.95. The molecule has 0 aromatic heterocycles. The van der Waals surface area contributed by atoms with Crippen LogP contribution in [0.3, 0.4) is 0 Å². The maximum Gasteiger partial charge on any atom is 0.0787 e. The maximum absolute atomic E-state index is 4.92. The van der Waals surface area contributed by atoms with Crippen molar-refractivity contribution in [3.05, 3.63) is 12.3 Å². The quantitative estimate of drug-likeness (QED) is 0.360. The van der Waals surface area contributed by atoms with E-state index in [1.165, 1.54) is 32.1 Å². The summed E-state index contributed by atoms with van der Waals surface area (Å²) in [5, 5.41) is 0. The van der Waals surface area contributed by atoms with Gasteiger partial charge in [0.1, 0.15) is 0 Å². The molecule has 3 atom stereocenters. The molecule has 1 fully saturated rings. The van der Waals surface area contributed by atoms with E-state index in [2.05, 4.69) is 31.8 Å². The molecule has 1 aliphatic carbocycles. The molecular weight excluding hydrogens is 208 g/mol. The number of ether oxygens (including phenoxy) is 1. The van der Waals surface area contributed by atoms with Crippen LogP contribution in [0.5, 0.6) is 0 Å². The summed E-state index contributed by atoms with van der Waals surface area (Å²) >= 11 is 0. The molecule has 0 aromatic carbocycles. The minimum absolute atomic E-state index is 0.577. The lowest BCUT2D eigenvalue weighted by atomic mass is 10.0. The fourth-order valence-electron chi connectivity index (χ4n) is 2.06. The third kappa shape index (κ3) is 6.41. The highest BCUT2D eigenvalue weighted by atomic mass is 16.5. The molecule has 0 spiro atoms. The summed E-state index contributed by atoms with van der Waals surface area (Å²) in [7, 11) is 1.70. The van der Waals surface area contributed by atoms with Crippen LogP contribution in [0.4, 0.5) is 0 Å². The monoisotopic (exact) mass is 234 g/mol. The van der Waals surface area contributed by atoms with Gasteiger partial charge in [-0.15, -0.1) is 11.8 Å². The van der Waals surface area contributed by atoms with Gasteiger partial charge in [0.25, 0.3) is 0 Å². The van der Waals surface area contributed by atoms with E-state index in [0.29, 0.717) is 5.92 Å². The number of methoxy groups -OCH3 is 1. The molecule has 0 N–H and O–H groups in total. The normalized spacial score (nSPS) is 24.2. The Bertz CT molecular complexity index is 282. The van der Waals surface area contributed by atoms with Gasteiger partial charge < -0.3 is 4.74 Å². The molecule has 0 aliphatic heterocycles. The average Bonchev–Trinajstić information content (AvgIpc) is 3.05. The molecule has 0 heterocycles. The van der Waals surface area contributed by atoms with Gasteiger partial charge in [-0.1, -0.05) is 33.1 Å². The van der Waals surface area contributed by atoms with Gasteiger partial charge in [0.05, 0.1) is 13.4 Å². The van der Waals surface area contributed by atoms with Crippen molar-refractivity contribution < 1.29 is 4.74 Å². The van der Waals surface area contributed by atoms with Crippen molar-refractivity contribution >= 4 is 0 Å². The van der Waals surface area contributed by atoms with E-state index in [4.69, 9.17) is 4.74 Å². The second kappa shape index (κ2) is 8.23. The van der Waals surface area contributed by atoms with E-state index in [1.54, 1.807) is 13.4 Å². The van der Waals surface area contributed by atoms with Gasteiger partial charge >= 0.3 is 0 Å². The van der Waals surface area contributed by atoms with Crippen LogP contribution < -0.4 is 0 Å². The predicted octanol–water partition coefficient (Wildman–Crippen LogP) is 4.39. The molecule has 17 heavy (non-hydrogen) atoms. The van der Waals surface area contributed by atoms with Crippen molar-refractivity contribution in [1.29, 1.82) is 0 Å². The molecule has 0 bridgehead atoms. The van der Waals surface area contributed by atoms with Crippen LogP contribution in [0, 0.1) is 29.6 Å². The molecule has 1 nitrogen and oxygen atoms in total. The largest absolute Gasteiger partial charge is 0.505 e. The van der Waals surface area contributed by atoms with Crippen molar-refractivity contribution in [1.82, 2.24) is 0 Å². The summed E-state index contributed by atoms with van der Waals surface area (Å²) in [6, 6.07) is 0. The molecule has 1 heteroatoms. The number of hydrogen-bond donors (Lipinski definition) is 0. The molecule has 3 unspecified atom stereocenters. The first kappa shape index (κ1) is 14.2. The Morgan fingerprint density at radius 3 is 2.94 bits per heavy atom. The smallest absolute Gasteiger partial charge is 0.0787 e. The standard InChI is InChI=1S/C16H26O/c1-4-5-6-8-14(2)9-7-10-15-13-16(15)11-12-17-3/h11-12,14-16H,4-6,8,10,13H2,1-3H3/b12-11+. The summed E-state index contributed by atoms with van der Waals surface area (Å²) in [6.07, 6.45) is 11.6. The lowest BCUT2D eigenvalue weighted by molar-refractivity contribution is 0.335. The summed E-state index contributed by atoms with van der Waals surface area (Å²) in [5.41, 5.74) is 0. The number of unbranched alkanes of at least 4 members (excludes halogenated alkanes) is 2. The molecule has 1 aliphatic rings. The van der Waals surface area contributed by atoms with Gasteiger partial charge in [-0.3, -0.25) is 0 Å². The molecule has 1 rings (SSSR count). The first-order chi connectivity index (χ1) is 8.27. The Morgan fingerprint density at radius 1 is 1.41 bits per heavy atom. The highest BCUT2D eigenvalue weighted by Crippen LogP contribution is 2.41. The number of allylic oxidation sites excluding steroid dienone is 1. The predicted molar refractivity (Wildman–Crippen MR) is 73.4 cm³/mol. The SMILES string of the molecule is CCCCCC(C)C#CCC1CC1/C=C/OC. The lowest BCUT2D eigenvalue weighted by Crippen LogP contribution is -1.90. The topological polar surface area (TPSA) is 9.23 Å². The fraction of sp³-hybridized carbons (Fsp3) is 0.750. The lowest BCUT2D eigenvalue weighted by Gasteiger charge is -2.01. The number of hydrogen-bond acceptors (Lipinski definition) is 1. The van der Waals surface area contributed by atoms with Crippen molar-refractivity contribution in [3.63, 3.8) is 0 Å². The summed E-state index contributed by atoms with van der Waals surface area (Å²) in [4.78, 5) is 0. The van der Waals surface area contributed by atoms with E-state index < -0.39 is 0 Å². The van der Waals surface area contributed by atoms with Gasteiger partial charge in [0.2, 0.25) is 0 Å². The molecule has 0 amide bonds. The maximum atomic E-state index is 4.92. The average molecular weight is 234 g/mol. The molecule has 96 valence electrons. The zero-order valence-electron chi connectivity index (χ0n) is 11.5. The van der Waals surface area contributed by atoms with Crippen LogP contribution in [-0.4, -0.2) is 7.11 Å². The summed E-state index contributed by atoms with van der Waals surface area (Å²) in [6.45, 7) is 4.50. The Balaban J connectivity index is 2.08. The molecule has 1 saturated carbocycles. The van der Waals surface area contributed by atoms with Crippen LogP contribution in [0.15, 0.2) is 12.3 Å². The Morgan fingerprint density at radius 2 is 2.24 bits per heavy atom. The van der Waals surface area contributed by atoms with Crippen LogP contribution in [-0.2, 0) is 4.74 Å². The van der Waals surface area contributed by atoms with Crippen molar-refractivity contribution in [2.45, 2.75) is 52.4 Å². The second-order valence-electron chi connectivity index (χ2n) is 5.15. The van der Waals surface area contributed by atoms with E-state index in [1.807, 2.05) is 0 Å². The van der Waals surface area contributed by atoms with Crippen LogP contribution in [0.1, 0.15) is 52.4 Å². The van der Waals surface area contributed by atoms with E-state index in [9.17, 15) is 0 Å². The van der Waals surface area contributed by atoms with Gasteiger partial charge in [-0.05, 0) is 30.8 Å². The molecule has 0 aromatic rings. The Kier molecular flexibility index (Phi) is 6.86. The number of rotatable bonds is 7. The van der Waals surface area contributed by atoms with Gasteiger partial charge in [0, 0.05) is 12.3 Å². The molecule has 0 radical (unpaired) electrons. The summed E-state index contributed by atoms with van der Waals surface area (Å²) < 4.78 is 4.92. The molecular formula is C16H26O. The van der Waals surface area contributed by atoms with Gasteiger partial charge in [0.15, 0.2) is 0 Å². The zero-order chi connectivity index (χ0) is 12.5. The zero-order valence-corrected chi connectivity index (χ0v) is 11.5. The van der Waals surface area contributed by atoms with Gasteiger partial charge in [-0.2, -0.15) is 0 Å². The first-order valence-electron chi connectivity index (χ1n) is 6.95. The second-order valence-corrected chi connectivity index (χ2v) is 5.15. The van der Waals surface area contributed by atoms with Crippen LogP contribution >= 0.6 is 0 Å². The third-order valence-corrected chi connectivity index (χ3v) is 3.39. The van der Waals surface area contributed by atoms with Crippen LogP contribution in [0.2, 0.25) is 0 Å². The van der Waals surface area contributed by atoms with Crippen molar-refractivity contribution in [2.24, 2.45) is 17.8 Å². The van der Waals surface area contributed by atoms with Crippen LogP contribution in [0.25, 0.3) is 0 Å². The minimum atomic E-state index is 0.577. The summed E-state index contributed by atoms with van der Waals surface area (Å²) in [5.74, 6) is 8.83. The molecule has 0 saturated heterocycles. The van der Waals surface area contributed by atoms with Gasteiger partial charge in [-0.25, -0.2) is 0 Å². The highest BCUT2D eigenvalue weighted by Gasteiger charge is 2.33. The van der Waals surface area contributed by atoms with E-state index >= 15 is 0 Å². The van der Waals surface area contributed by atoms with E-state index in [-0.39, 0.29) is 0 Å². The van der Waals surface area contributed by atoms with E-state index in [0.717, 1.165) is 18.3 Å². The fourth-order valence-corrected chi connectivity index (χ4v) is 2.06. The highest BCUT2D eigenvalue weighted by molar-refractivity contribution is 5.09. The third-order valence-electron chi connectivity index (χ3n) is 3.39. The Labute approximate surface area is 107 Å². The minimum Gasteiger partial charge on any atom is -0.505 e.